The first-order valence-electron chi connectivity index (χ1n) is 7.91. The molecule has 0 aromatic carbocycles. The van der Waals surface area contributed by atoms with Gasteiger partial charge in [-0.2, -0.15) is 5.10 Å². The summed E-state index contributed by atoms with van der Waals surface area (Å²) in [5.74, 6) is 0.369. The number of rotatable bonds is 4. The minimum Gasteiger partial charge on any atom is -0.480 e. The highest BCUT2D eigenvalue weighted by Crippen LogP contribution is 2.25. The highest BCUT2D eigenvalue weighted by molar-refractivity contribution is 5.96. The van der Waals surface area contributed by atoms with E-state index in [1.54, 1.807) is 18.3 Å². The number of pyridine rings is 1. The van der Waals surface area contributed by atoms with E-state index in [4.69, 9.17) is 4.74 Å². The molecule has 1 aliphatic rings. The van der Waals surface area contributed by atoms with E-state index in [1.165, 1.54) is 7.11 Å². The standard InChI is InChI=1S/C17H22N4O2/c1-12-10-13(2)21(19-12)11-14-6-5-9-20(14)17(22)15-7-4-8-18-16(15)23-3/h4,7-8,10,14H,5-6,9,11H2,1-3H3/t14-/m0/s1. The first-order chi connectivity index (χ1) is 11.1. The molecule has 3 heterocycles. The minimum atomic E-state index is -0.0148. The number of aryl methyl sites for hydroxylation is 2. The number of amides is 1. The molecule has 0 saturated carbocycles. The van der Waals surface area contributed by atoms with Crippen LogP contribution < -0.4 is 4.74 Å². The van der Waals surface area contributed by atoms with Gasteiger partial charge in [-0.1, -0.05) is 0 Å². The lowest BCUT2D eigenvalue weighted by atomic mass is 10.2. The van der Waals surface area contributed by atoms with Crippen molar-refractivity contribution in [2.45, 2.75) is 39.3 Å². The van der Waals surface area contributed by atoms with Crippen LogP contribution in [0, 0.1) is 13.8 Å². The monoisotopic (exact) mass is 314 g/mol. The maximum atomic E-state index is 12.9. The van der Waals surface area contributed by atoms with Gasteiger partial charge in [-0.15, -0.1) is 0 Å². The maximum Gasteiger partial charge on any atom is 0.259 e. The fraction of sp³-hybridized carbons (Fsp3) is 0.471. The molecule has 23 heavy (non-hydrogen) atoms. The van der Waals surface area contributed by atoms with Gasteiger partial charge in [0.2, 0.25) is 5.88 Å². The Kier molecular flexibility index (Phi) is 4.32. The van der Waals surface area contributed by atoms with E-state index >= 15 is 0 Å². The average molecular weight is 314 g/mol. The summed E-state index contributed by atoms with van der Waals surface area (Å²) in [6.45, 7) is 5.53. The second-order valence-electron chi connectivity index (χ2n) is 5.96. The molecule has 0 bridgehead atoms. The summed E-state index contributed by atoms with van der Waals surface area (Å²) in [4.78, 5) is 18.9. The number of hydrogen-bond acceptors (Lipinski definition) is 4. The Morgan fingerprint density at radius 1 is 1.43 bits per heavy atom. The van der Waals surface area contributed by atoms with Gasteiger partial charge in [-0.3, -0.25) is 9.48 Å². The van der Waals surface area contributed by atoms with E-state index in [2.05, 4.69) is 16.1 Å². The Morgan fingerprint density at radius 2 is 2.26 bits per heavy atom. The van der Waals surface area contributed by atoms with Crippen LogP contribution in [0.25, 0.3) is 0 Å². The fourth-order valence-corrected chi connectivity index (χ4v) is 3.22. The van der Waals surface area contributed by atoms with Crippen LogP contribution in [0.1, 0.15) is 34.6 Å². The molecule has 1 saturated heterocycles. The zero-order valence-electron chi connectivity index (χ0n) is 13.8. The van der Waals surface area contributed by atoms with E-state index in [9.17, 15) is 4.79 Å². The van der Waals surface area contributed by atoms with Crippen LogP contribution >= 0.6 is 0 Å². The number of nitrogens with zero attached hydrogens (tertiary/aromatic N) is 4. The Morgan fingerprint density at radius 3 is 2.96 bits per heavy atom. The number of hydrogen-bond donors (Lipinski definition) is 0. The van der Waals surface area contributed by atoms with Gasteiger partial charge in [0.1, 0.15) is 5.56 Å². The molecule has 3 rings (SSSR count). The molecule has 0 spiro atoms. The van der Waals surface area contributed by atoms with E-state index in [-0.39, 0.29) is 11.9 Å². The Balaban J connectivity index is 1.81. The van der Waals surface area contributed by atoms with Gasteiger partial charge in [-0.25, -0.2) is 4.98 Å². The summed E-state index contributed by atoms with van der Waals surface area (Å²) in [7, 11) is 1.54. The fourth-order valence-electron chi connectivity index (χ4n) is 3.22. The Labute approximate surface area is 136 Å². The van der Waals surface area contributed by atoms with Crippen molar-refractivity contribution in [3.05, 3.63) is 41.3 Å². The third kappa shape index (κ3) is 3.06. The highest BCUT2D eigenvalue weighted by Gasteiger charge is 2.31. The molecule has 0 N–H and O–H groups in total. The van der Waals surface area contributed by atoms with E-state index in [0.717, 1.165) is 37.3 Å². The topological polar surface area (TPSA) is 60.2 Å². The van der Waals surface area contributed by atoms with Crippen LogP contribution in [-0.4, -0.2) is 45.3 Å². The lowest BCUT2D eigenvalue weighted by molar-refractivity contribution is 0.0717. The zero-order chi connectivity index (χ0) is 16.4. The van der Waals surface area contributed by atoms with Gasteiger partial charge in [0.05, 0.1) is 25.4 Å². The van der Waals surface area contributed by atoms with Crippen LogP contribution in [0.3, 0.4) is 0 Å². The molecule has 6 heteroatoms. The summed E-state index contributed by atoms with van der Waals surface area (Å²) in [5, 5.41) is 4.52. The van der Waals surface area contributed by atoms with Gasteiger partial charge < -0.3 is 9.64 Å². The molecule has 2 aromatic heterocycles. The predicted molar refractivity (Wildman–Crippen MR) is 86.5 cm³/mol. The number of carbonyl (C=O) groups is 1. The van der Waals surface area contributed by atoms with Crippen LogP contribution in [0.5, 0.6) is 5.88 Å². The molecule has 1 amide bonds. The van der Waals surface area contributed by atoms with Gasteiger partial charge in [0.15, 0.2) is 0 Å². The third-order valence-corrected chi connectivity index (χ3v) is 4.32. The summed E-state index contributed by atoms with van der Waals surface area (Å²) >= 11 is 0. The van der Waals surface area contributed by atoms with Gasteiger partial charge in [0, 0.05) is 18.4 Å². The molecule has 2 aromatic rings. The SMILES string of the molecule is COc1ncccc1C(=O)N1CCC[C@H]1Cn1nc(C)cc1C. The molecule has 122 valence electrons. The van der Waals surface area contributed by atoms with Gasteiger partial charge in [-0.05, 0) is 44.9 Å². The summed E-state index contributed by atoms with van der Waals surface area (Å²) in [6.07, 6.45) is 3.64. The van der Waals surface area contributed by atoms with Gasteiger partial charge >= 0.3 is 0 Å². The van der Waals surface area contributed by atoms with Crippen molar-refractivity contribution in [1.29, 1.82) is 0 Å². The van der Waals surface area contributed by atoms with E-state index in [0.29, 0.717) is 11.4 Å². The van der Waals surface area contributed by atoms with Crippen LogP contribution in [-0.2, 0) is 6.54 Å². The molecule has 0 radical (unpaired) electrons. The second kappa shape index (κ2) is 6.40. The molecule has 1 atom stereocenters. The lowest BCUT2D eigenvalue weighted by Crippen LogP contribution is -2.38. The molecular weight excluding hydrogens is 292 g/mol. The first-order valence-corrected chi connectivity index (χ1v) is 7.91. The molecule has 0 aliphatic carbocycles. The van der Waals surface area contributed by atoms with Crippen LogP contribution in [0.4, 0.5) is 0 Å². The number of methoxy groups -OCH3 is 1. The predicted octanol–water partition coefficient (Wildman–Crippen LogP) is 2.21. The average Bonchev–Trinajstić information content (AvgIpc) is 3.13. The van der Waals surface area contributed by atoms with Crippen molar-refractivity contribution in [2.24, 2.45) is 0 Å². The largest absolute Gasteiger partial charge is 0.480 e. The molecule has 1 aliphatic heterocycles. The first kappa shape index (κ1) is 15.5. The number of aromatic nitrogens is 3. The second-order valence-corrected chi connectivity index (χ2v) is 5.96. The molecule has 6 nitrogen and oxygen atoms in total. The minimum absolute atomic E-state index is 0.0148. The third-order valence-electron chi connectivity index (χ3n) is 4.32. The maximum absolute atomic E-state index is 12.9. The van der Waals surface area contributed by atoms with Crippen LogP contribution in [0.2, 0.25) is 0 Å². The van der Waals surface area contributed by atoms with Crippen LogP contribution in [0.15, 0.2) is 24.4 Å². The molecule has 1 fully saturated rings. The van der Waals surface area contributed by atoms with E-state index < -0.39 is 0 Å². The number of ether oxygens (including phenoxy) is 1. The summed E-state index contributed by atoms with van der Waals surface area (Å²) < 4.78 is 7.22. The Bertz CT molecular complexity index is 710. The van der Waals surface area contributed by atoms with Crippen molar-refractivity contribution < 1.29 is 9.53 Å². The summed E-state index contributed by atoms with van der Waals surface area (Å²) in [6, 6.07) is 5.75. The normalized spacial score (nSPS) is 17.5. The van der Waals surface area contributed by atoms with Crippen molar-refractivity contribution in [2.75, 3.05) is 13.7 Å². The quantitative estimate of drug-likeness (QED) is 0.868. The highest BCUT2D eigenvalue weighted by atomic mass is 16.5. The van der Waals surface area contributed by atoms with Crippen molar-refractivity contribution in [3.8, 4) is 5.88 Å². The van der Waals surface area contributed by atoms with Crippen molar-refractivity contribution >= 4 is 5.91 Å². The number of likely N-dealkylation sites (tertiary alicyclic amines) is 1. The Hall–Kier alpha value is -2.37. The van der Waals surface area contributed by atoms with Gasteiger partial charge in [0.25, 0.3) is 5.91 Å². The van der Waals surface area contributed by atoms with Crippen molar-refractivity contribution in [1.82, 2.24) is 19.7 Å². The summed E-state index contributed by atoms with van der Waals surface area (Å²) in [5.41, 5.74) is 2.66. The van der Waals surface area contributed by atoms with E-state index in [1.807, 2.05) is 23.4 Å². The number of carbonyl (C=O) groups excluding carboxylic acids is 1. The molecule has 0 unspecified atom stereocenters. The van der Waals surface area contributed by atoms with Crippen molar-refractivity contribution in [3.63, 3.8) is 0 Å². The zero-order valence-corrected chi connectivity index (χ0v) is 13.8. The molecular formula is C17H22N4O2. The smallest absolute Gasteiger partial charge is 0.259 e. The lowest BCUT2D eigenvalue weighted by Gasteiger charge is -2.25.